The Bertz CT molecular complexity index is 759. The van der Waals surface area contributed by atoms with Crippen molar-refractivity contribution in [3.8, 4) is 6.07 Å². The Morgan fingerprint density at radius 3 is 2.35 bits per heavy atom. The average molecular weight is 348 g/mol. The quantitative estimate of drug-likeness (QED) is 0.917. The van der Waals surface area contributed by atoms with Gasteiger partial charge in [0.2, 0.25) is 0 Å². The van der Waals surface area contributed by atoms with Crippen molar-refractivity contribution in [1.82, 2.24) is 9.80 Å². The normalized spacial score (nSPS) is 15.9. The van der Waals surface area contributed by atoms with Gasteiger partial charge in [-0.15, -0.1) is 0 Å². The Kier molecular flexibility index (Phi) is 5.88. The van der Waals surface area contributed by atoms with E-state index in [1.54, 1.807) is 0 Å². The van der Waals surface area contributed by atoms with Gasteiger partial charge >= 0.3 is 6.03 Å². The summed E-state index contributed by atoms with van der Waals surface area (Å²) in [5.41, 5.74) is 3.02. The van der Waals surface area contributed by atoms with E-state index in [9.17, 15) is 4.79 Å². The Labute approximate surface area is 154 Å². The van der Waals surface area contributed by atoms with Crippen LogP contribution in [0.25, 0.3) is 0 Å². The number of amides is 2. The zero-order valence-electron chi connectivity index (χ0n) is 15.1. The molecule has 0 spiro atoms. The van der Waals surface area contributed by atoms with E-state index in [1.807, 2.05) is 35.2 Å². The second-order valence-electron chi connectivity index (χ2n) is 6.57. The number of carbonyl (C=O) groups is 1. The molecule has 2 aromatic rings. The van der Waals surface area contributed by atoms with E-state index < -0.39 is 0 Å². The maximum atomic E-state index is 12.5. The fraction of sp³-hybridized carbons (Fsp3) is 0.333. The van der Waals surface area contributed by atoms with Gasteiger partial charge in [-0.25, -0.2) is 4.79 Å². The van der Waals surface area contributed by atoms with E-state index in [4.69, 9.17) is 5.26 Å². The van der Waals surface area contributed by atoms with Crippen LogP contribution in [0.5, 0.6) is 0 Å². The third kappa shape index (κ3) is 4.41. The third-order valence-corrected chi connectivity index (χ3v) is 4.92. The van der Waals surface area contributed by atoms with E-state index in [-0.39, 0.29) is 6.03 Å². The van der Waals surface area contributed by atoms with Gasteiger partial charge in [-0.2, -0.15) is 5.26 Å². The van der Waals surface area contributed by atoms with E-state index >= 15 is 0 Å². The van der Waals surface area contributed by atoms with Crippen LogP contribution >= 0.6 is 0 Å². The number of hydrogen-bond acceptors (Lipinski definition) is 3. The molecule has 0 aromatic heterocycles. The summed E-state index contributed by atoms with van der Waals surface area (Å²) in [4.78, 5) is 16.7. The van der Waals surface area contributed by atoms with Gasteiger partial charge in [0.1, 0.15) is 0 Å². The minimum absolute atomic E-state index is 0.0648. The zero-order chi connectivity index (χ0) is 18.4. The van der Waals surface area contributed by atoms with Crippen molar-refractivity contribution in [1.29, 1.82) is 5.26 Å². The highest BCUT2D eigenvalue weighted by atomic mass is 16.2. The highest BCUT2D eigenvalue weighted by Crippen LogP contribution is 2.21. The number of nitrogens with one attached hydrogen (secondary N) is 1. The molecule has 0 saturated carbocycles. The number of nitrogens with zero attached hydrogens (tertiary/aromatic N) is 3. The van der Waals surface area contributed by atoms with Gasteiger partial charge in [0.25, 0.3) is 0 Å². The summed E-state index contributed by atoms with van der Waals surface area (Å²) in [6.45, 7) is 5.38. The molecule has 1 aliphatic heterocycles. The number of anilines is 1. The van der Waals surface area contributed by atoms with E-state index in [0.29, 0.717) is 12.5 Å². The summed E-state index contributed by atoms with van der Waals surface area (Å²) < 4.78 is 0. The molecule has 2 amide bonds. The maximum absolute atomic E-state index is 12.5. The summed E-state index contributed by atoms with van der Waals surface area (Å²) in [5, 5.41) is 11.6. The summed E-state index contributed by atoms with van der Waals surface area (Å²) in [6.07, 6.45) is 0.385. The number of nitriles is 1. The lowest BCUT2D eigenvalue weighted by molar-refractivity contribution is 0.119. The van der Waals surface area contributed by atoms with Crippen LogP contribution in [-0.2, 0) is 6.42 Å². The molecule has 1 unspecified atom stereocenters. The number of benzene rings is 2. The van der Waals surface area contributed by atoms with Crippen LogP contribution in [0.4, 0.5) is 10.5 Å². The number of piperazine rings is 1. The van der Waals surface area contributed by atoms with Gasteiger partial charge in [-0.3, -0.25) is 4.90 Å². The molecule has 2 aromatic carbocycles. The molecule has 1 N–H and O–H groups in total. The van der Waals surface area contributed by atoms with Crippen molar-refractivity contribution >= 4 is 11.7 Å². The largest absolute Gasteiger partial charge is 0.322 e. The van der Waals surface area contributed by atoms with Gasteiger partial charge in [0, 0.05) is 37.9 Å². The molecular formula is C21H24N4O. The standard InChI is InChI=1S/C21H24N4O/c1-17(19-5-3-2-4-6-19)24-13-15-25(16-14-24)21(26)23-20-9-7-18(8-10-20)11-12-22/h2-10,17H,11,13-16H2,1H3,(H,23,26). The predicted molar refractivity (Wildman–Crippen MR) is 103 cm³/mol. The van der Waals surface area contributed by atoms with Crippen LogP contribution in [0.15, 0.2) is 54.6 Å². The van der Waals surface area contributed by atoms with Crippen molar-refractivity contribution in [3.63, 3.8) is 0 Å². The van der Waals surface area contributed by atoms with Crippen molar-refractivity contribution < 1.29 is 4.79 Å². The maximum Gasteiger partial charge on any atom is 0.321 e. The van der Waals surface area contributed by atoms with Crippen LogP contribution in [0.1, 0.15) is 24.1 Å². The predicted octanol–water partition coefficient (Wildman–Crippen LogP) is 3.66. The number of hydrogen-bond donors (Lipinski definition) is 1. The number of carbonyl (C=O) groups excluding carboxylic acids is 1. The molecule has 134 valence electrons. The van der Waals surface area contributed by atoms with E-state index in [1.165, 1.54) is 5.56 Å². The first-order chi connectivity index (χ1) is 12.7. The molecule has 26 heavy (non-hydrogen) atoms. The SMILES string of the molecule is CC(c1ccccc1)N1CCN(C(=O)Nc2ccc(CC#N)cc2)CC1. The van der Waals surface area contributed by atoms with Crippen LogP contribution in [0.3, 0.4) is 0 Å². The van der Waals surface area contributed by atoms with Crippen LogP contribution < -0.4 is 5.32 Å². The van der Waals surface area contributed by atoms with Crippen LogP contribution in [-0.4, -0.2) is 42.0 Å². The fourth-order valence-corrected chi connectivity index (χ4v) is 3.25. The van der Waals surface area contributed by atoms with E-state index in [0.717, 1.165) is 37.4 Å². The molecule has 1 fully saturated rings. The number of rotatable bonds is 4. The topological polar surface area (TPSA) is 59.4 Å². The lowest BCUT2D eigenvalue weighted by atomic mass is 10.1. The smallest absolute Gasteiger partial charge is 0.321 e. The highest BCUT2D eigenvalue weighted by molar-refractivity contribution is 5.89. The van der Waals surface area contributed by atoms with Crippen molar-refractivity contribution in [3.05, 3.63) is 65.7 Å². The molecule has 0 aliphatic carbocycles. The summed E-state index contributed by atoms with van der Waals surface area (Å²) in [7, 11) is 0. The zero-order valence-corrected chi connectivity index (χ0v) is 15.1. The lowest BCUT2D eigenvalue weighted by Crippen LogP contribution is -2.50. The Balaban J connectivity index is 1.51. The molecule has 1 aliphatic rings. The monoisotopic (exact) mass is 348 g/mol. The molecule has 5 nitrogen and oxygen atoms in total. The first-order valence-corrected chi connectivity index (χ1v) is 8.98. The minimum atomic E-state index is -0.0648. The van der Waals surface area contributed by atoms with Crippen LogP contribution in [0.2, 0.25) is 0 Å². The van der Waals surface area contributed by atoms with Crippen molar-refractivity contribution in [2.75, 3.05) is 31.5 Å². The van der Waals surface area contributed by atoms with Gasteiger partial charge in [-0.05, 0) is 30.2 Å². The Hall–Kier alpha value is -2.84. The van der Waals surface area contributed by atoms with Crippen molar-refractivity contribution in [2.24, 2.45) is 0 Å². The van der Waals surface area contributed by atoms with Gasteiger partial charge in [0.05, 0.1) is 12.5 Å². The van der Waals surface area contributed by atoms with Gasteiger partial charge < -0.3 is 10.2 Å². The Morgan fingerprint density at radius 1 is 1.08 bits per heavy atom. The van der Waals surface area contributed by atoms with Crippen LogP contribution in [0, 0.1) is 11.3 Å². The third-order valence-electron chi connectivity index (χ3n) is 4.92. The highest BCUT2D eigenvalue weighted by Gasteiger charge is 2.24. The second kappa shape index (κ2) is 8.50. The van der Waals surface area contributed by atoms with Gasteiger partial charge in [0.15, 0.2) is 0 Å². The summed E-state index contributed by atoms with van der Waals surface area (Å²) in [5.74, 6) is 0. The first kappa shape index (κ1) is 18.0. The van der Waals surface area contributed by atoms with Gasteiger partial charge in [-0.1, -0.05) is 42.5 Å². The minimum Gasteiger partial charge on any atom is -0.322 e. The molecule has 0 radical (unpaired) electrons. The Morgan fingerprint density at radius 2 is 1.73 bits per heavy atom. The summed E-state index contributed by atoms with van der Waals surface area (Å²) in [6, 6.07) is 20.3. The average Bonchev–Trinajstić information content (AvgIpc) is 2.70. The van der Waals surface area contributed by atoms with Crippen molar-refractivity contribution in [2.45, 2.75) is 19.4 Å². The molecule has 1 heterocycles. The molecule has 3 rings (SSSR count). The lowest BCUT2D eigenvalue weighted by Gasteiger charge is -2.38. The molecule has 5 heteroatoms. The molecular weight excluding hydrogens is 324 g/mol. The molecule has 0 bridgehead atoms. The van der Waals surface area contributed by atoms with E-state index in [2.05, 4.69) is 47.5 Å². The second-order valence-corrected chi connectivity index (χ2v) is 6.57. The number of urea groups is 1. The molecule has 1 atom stereocenters. The molecule has 1 saturated heterocycles. The first-order valence-electron chi connectivity index (χ1n) is 8.98. The summed E-state index contributed by atoms with van der Waals surface area (Å²) >= 11 is 0. The fourth-order valence-electron chi connectivity index (χ4n) is 3.25.